The molecule has 1 aromatic heterocycles. The molecule has 21 heavy (non-hydrogen) atoms. The first-order valence-corrected chi connectivity index (χ1v) is 6.54. The van der Waals surface area contributed by atoms with Crippen LogP contribution in [0.4, 0.5) is 5.69 Å². The van der Waals surface area contributed by atoms with Crippen molar-refractivity contribution >= 4 is 17.6 Å². The van der Waals surface area contributed by atoms with Gasteiger partial charge in [-0.05, 0) is 12.8 Å². The number of amides is 1. The van der Waals surface area contributed by atoms with E-state index in [1.54, 1.807) is 13.8 Å². The Morgan fingerprint density at radius 3 is 2.43 bits per heavy atom. The number of carboxylic acids is 1. The van der Waals surface area contributed by atoms with Gasteiger partial charge in [-0.1, -0.05) is 13.8 Å². The van der Waals surface area contributed by atoms with Crippen LogP contribution >= 0.6 is 0 Å². The molecule has 0 aliphatic rings. The third-order valence-corrected chi connectivity index (χ3v) is 2.98. The van der Waals surface area contributed by atoms with E-state index in [2.05, 4.69) is 10.4 Å². The highest BCUT2D eigenvalue weighted by Crippen LogP contribution is 2.24. The van der Waals surface area contributed by atoms with Gasteiger partial charge >= 0.3 is 11.7 Å². The minimum atomic E-state index is -1.22. The standard InChI is InChI=1S/C12H18N4O5/c1-4-8-11(16(20)21)10(5-2)15(14-8)6-9(12(18)19)13-7(3)17/h9H,4-6H2,1-3H3,(H,13,17)(H,18,19). The summed E-state index contributed by atoms with van der Waals surface area (Å²) in [7, 11) is 0. The monoisotopic (exact) mass is 298 g/mol. The van der Waals surface area contributed by atoms with Gasteiger partial charge in [0.1, 0.15) is 17.4 Å². The summed E-state index contributed by atoms with van der Waals surface area (Å²) in [6.07, 6.45) is 0.712. The van der Waals surface area contributed by atoms with Crippen LogP contribution in [0.2, 0.25) is 0 Å². The fraction of sp³-hybridized carbons (Fsp3) is 0.583. The fourth-order valence-electron chi connectivity index (χ4n) is 2.10. The van der Waals surface area contributed by atoms with Gasteiger partial charge in [-0.15, -0.1) is 0 Å². The van der Waals surface area contributed by atoms with Gasteiger partial charge < -0.3 is 10.4 Å². The second-order valence-electron chi connectivity index (χ2n) is 4.48. The van der Waals surface area contributed by atoms with Crippen molar-refractivity contribution in [2.75, 3.05) is 0 Å². The quantitative estimate of drug-likeness (QED) is 0.557. The molecule has 1 atom stereocenters. The van der Waals surface area contributed by atoms with E-state index in [9.17, 15) is 19.7 Å². The second kappa shape index (κ2) is 6.82. The van der Waals surface area contributed by atoms with Gasteiger partial charge in [0.15, 0.2) is 0 Å². The molecule has 1 amide bonds. The molecule has 1 unspecified atom stereocenters. The molecule has 0 fully saturated rings. The zero-order chi connectivity index (χ0) is 16.2. The predicted octanol–water partition coefficient (Wildman–Crippen LogP) is 0.505. The Labute approximate surface area is 121 Å². The Hall–Kier alpha value is -2.45. The van der Waals surface area contributed by atoms with Gasteiger partial charge in [0, 0.05) is 6.92 Å². The largest absolute Gasteiger partial charge is 0.480 e. The van der Waals surface area contributed by atoms with Crippen molar-refractivity contribution in [1.82, 2.24) is 15.1 Å². The first-order chi connectivity index (χ1) is 9.81. The third kappa shape index (κ3) is 3.77. The molecule has 2 N–H and O–H groups in total. The van der Waals surface area contributed by atoms with Crippen LogP contribution in [0.3, 0.4) is 0 Å². The third-order valence-electron chi connectivity index (χ3n) is 2.98. The molecule has 0 aliphatic heterocycles. The van der Waals surface area contributed by atoms with E-state index >= 15 is 0 Å². The normalized spacial score (nSPS) is 12.0. The summed E-state index contributed by atoms with van der Waals surface area (Å²) in [6, 6.07) is -1.18. The number of hydrogen-bond acceptors (Lipinski definition) is 5. The Morgan fingerprint density at radius 1 is 1.43 bits per heavy atom. The Balaban J connectivity index is 3.20. The molecule has 9 nitrogen and oxygen atoms in total. The molecule has 0 saturated heterocycles. The minimum Gasteiger partial charge on any atom is -0.480 e. The molecule has 0 radical (unpaired) electrons. The first kappa shape index (κ1) is 16.6. The van der Waals surface area contributed by atoms with Gasteiger partial charge in [0.05, 0.1) is 11.5 Å². The van der Waals surface area contributed by atoms with Crippen LogP contribution in [0.1, 0.15) is 32.2 Å². The Bertz CT molecular complexity index is 566. The van der Waals surface area contributed by atoms with Gasteiger partial charge in [-0.3, -0.25) is 19.6 Å². The van der Waals surface area contributed by atoms with Crippen molar-refractivity contribution in [2.24, 2.45) is 0 Å². The average molecular weight is 298 g/mol. The minimum absolute atomic E-state index is 0.0769. The molecule has 0 saturated carbocycles. The lowest BCUT2D eigenvalue weighted by Crippen LogP contribution is -2.43. The van der Waals surface area contributed by atoms with E-state index in [4.69, 9.17) is 5.11 Å². The number of nitrogens with one attached hydrogen (secondary N) is 1. The van der Waals surface area contributed by atoms with Crippen LogP contribution in [0.5, 0.6) is 0 Å². The predicted molar refractivity (Wildman–Crippen MR) is 72.9 cm³/mol. The molecule has 0 bridgehead atoms. The van der Waals surface area contributed by atoms with Gasteiger partial charge in [0.25, 0.3) is 0 Å². The number of nitro groups is 1. The Kier molecular flexibility index (Phi) is 5.39. The molecule has 0 aliphatic carbocycles. The number of carboxylic acid groups (broad SMARTS) is 1. The number of aliphatic carboxylic acids is 1. The molecule has 1 rings (SSSR count). The summed E-state index contributed by atoms with van der Waals surface area (Å²) in [6.45, 7) is 4.52. The zero-order valence-corrected chi connectivity index (χ0v) is 12.1. The van der Waals surface area contributed by atoms with Gasteiger partial charge in [-0.2, -0.15) is 5.10 Å². The molecule has 1 aromatic rings. The zero-order valence-electron chi connectivity index (χ0n) is 12.1. The highest BCUT2D eigenvalue weighted by molar-refractivity contribution is 5.81. The van der Waals surface area contributed by atoms with Crippen molar-refractivity contribution in [1.29, 1.82) is 0 Å². The van der Waals surface area contributed by atoms with Crippen LogP contribution in [-0.2, 0) is 29.0 Å². The number of aromatic nitrogens is 2. The van der Waals surface area contributed by atoms with Gasteiger partial charge in [-0.25, -0.2) is 4.79 Å². The lowest BCUT2D eigenvalue weighted by atomic mass is 10.2. The fourth-order valence-corrected chi connectivity index (χ4v) is 2.10. The number of rotatable bonds is 7. The molecule has 0 spiro atoms. The molecular weight excluding hydrogens is 280 g/mol. The number of carbonyl (C=O) groups is 2. The number of aryl methyl sites for hydroxylation is 1. The van der Waals surface area contributed by atoms with E-state index in [1.807, 2.05) is 0 Å². The number of nitrogens with zero attached hydrogens (tertiary/aromatic N) is 3. The highest BCUT2D eigenvalue weighted by atomic mass is 16.6. The maximum atomic E-state index is 11.1. The van der Waals surface area contributed by atoms with Crippen molar-refractivity contribution in [2.45, 2.75) is 46.2 Å². The molecular formula is C12H18N4O5. The molecule has 116 valence electrons. The van der Waals surface area contributed by atoms with Crippen LogP contribution in [0.15, 0.2) is 0 Å². The summed E-state index contributed by atoms with van der Waals surface area (Å²) in [5.74, 6) is -1.71. The first-order valence-electron chi connectivity index (χ1n) is 6.54. The Morgan fingerprint density at radius 2 is 2.05 bits per heavy atom. The average Bonchev–Trinajstić information content (AvgIpc) is 2.74. The van der Waals surface area contributed by atoms with Crippen LogP contribution in [-0.4, -0.2) is 37.7 Å². The smallest absolute Gasteiger partial charge is 0.328 e. The van der Waals surface area contributed by atoms with Gasteiger partial charge in [0.2, 0.25) is 5.91 Å². The van der Waals surface area contributed by atoms with Crippen LogP contribution < -0.4 is 5.32 Å². The van der Waals surface area contributed by atoms with Crippen LogP contribution in [0.25, 0.3) is 0 Å². The summed E-state index contributed by atoms with van der Waals surface area (Å²) >= 11 is 0. The summed E-state index contributed by atoms with van der Waals surface area (Å²) in [4.78, 5) is 32.8. The maximum absolute atomic E-state index is 11.1. The lowest BCUT2D eigenvalue weighted by molar-refractivity contribution is -0.386. The van der Waals surface area contributed by atoms with Crippen molar-refractivity contribution in [3.05, 3.63) is 21.5 Å². The summed E-state index contributed by atoms with van der Waals surface area (Å²) < 4.78 is 1.30. The SMILES string of the molecule is CCc1nn(CC(NC(C)=O)C(=O)O)c(CC)c1[N+](=O)[O-]. The number of hydrogen-bond donors (Lipinski definition) is 2. The van der Waals surface area contributed by atoms with Crippen molar-refractivity contribution in [3.63, 3.8) is 0 Å². The topological polar surface area (TPSA) is 127 Å². The van der Waals surface area contributed by atoms with Crippen molar-refractivity contribution < 1.29 is 19.6 Å². The molecule has 0 aromatic carbocycles. The molecule has 9 heteroatoms. The summed E-state index contributed by atoms with van der Waals surface area (Å²) in [5, 5.41) is 26.6. The van der Waals surface area contributed by atoms with E-state index < -0.39 is 22.8 Å². The molecule has 1 heterocycles. The van der Waals surface area contributed by atoms with Crippen molar-refractivity contribution in [3.8, 4) is 0 Å². The second-order valence-corrected chi connectivity index (χ2v) is 4.48. The van der Waals surface area contributed by atoms with E-state index in [0.29, 0.717) is 24.2 Å². The lowest BCUT2D eigenvalue weighted by Gasteiger charge is -2.14. The van der Waals surface area contributed by atoms with E-state index in [0.717, 1.165) is 0 Å². The van der Waals surface area contributed by atoms with Crippen LogP contribution in [0, 0.1) is 10.1 Å². The highest BCUT2D eigenvalue weighted by Gasteiger charge is 2.28. The maximum Gasteiger partial charge on any atom is 0.328 e. The summed E-state index contributed by atoms with van der Waals surface area (Å²) in [5.41, 5.74) is 0.587. The van der Waals surface area contributed by atoms with E-state index in [-0.39, 0.29) is 12.2 Å². The van der Waals surface area contributed by atoms with E-state index in [1.165, 1.54) is 11.6 Å². The number of carbonyl (C=O) groups excluding carboxylic acids is 1.